The third-order valence-electron chi connectivity index (χ3n) is 3.49. The first-order valence-electron chi connectivity index (χ1n) is 7.39. The Hall–Kier alpha value is -1.39. The number of carbonyl (C=O) groups excluding carboxylic acids is 1. The molecule has 1 aromatic rings. The topological polar surface area (TPSA) is 52.6 Å². The summed E-state index contributed by atoms with van der Waals surface area (Å²) in [5.41, 5.74) is 1.22. The van der Waals surface area contributed by atoms with Gasteiger partial charge in [-0.15, -0.1) is 0 Å². The van der Waals surface area contributed by atoms with Crippen LogP contribution in [0.5, 0.6) is 0 Å². The fraction of sp³-hybridized carbons (Fsp3) is 0.562. The number of nitrogens with one attached hydrogen (secondary N) is 1. The predicted octanol–water partition coefficient (Wildman–Crippen LogP) is 1.96. The first kappa shape index (κ1) is 16.7. The quantitative estimate of drug-likeness (QED) is 0.726. The van der Waals surface area contributed by atoms with Crippen LogP contribution >= 0.6 is 0 Å². The molecule has 0 aliphatic heterocycles. The number of benzene rings is 1. The van der Waals surface area contributed by atoms with Gasteiger partial charge in [-0.25, -0.2) is 0 Å². The van der Waals surface area contributed by atoms with Crippen LogP contribution in [0.1, 0.15) is 38.3 Å². The molecular formula is C16H26N2O2. The van der Waals surface area contributed by atoms with Crippen LogP contribution in [0.4, 0.5) is 0 Å². The van der Waals surface area contributed by atoms with Crippen molar-refractivity contribution in [1.29, 1.82) is 0 Å². The summed E-state index contributed by atoms with van der Waals surface area (Å²) >= 11 is 0. The molecule has 0 saturated carbocycles. The Morgan fingerprint density at radius 2 is 1.90 bits per heavy atom. The molecule has 20 heavy (non-hydrogen) atoms. The van der Waals surface area contributed by atoms with Crippen molar-refractivity contribution in [3.05, 3.63) is 35.9 Å². The molecular weight excluding hydrogens is 252 g/mol. The third-order valence-corrected chi connectivity index (χ3v) is 3.49. The molecule has 1 unspecified atom stereocenters. The average molecular weight is 278 g/mol. The van der Waals surface area contributed by atoms with Crippen LogP contribution in [0.25, 0.3) is 0 Å². The average Bonchev–Trinajstić information content (AvgIpc) is 2.50. The minimum atomic E-state index is 0.00661. The fourth-order valence-electron chi connectivity index (χ4n) is 2.34. The van der Waals surface area contributed by atoms with E-state index >= 15 is 0 Å². The van der Waals surface area contributed by atoms with E-state index in [-0.39, 0.29) is 18.6 Å². The second-order valence-electron chi connectivity index (χ2n) is 4.78. The number of aliphatic hydroxyl groups is 1. The molecule has 1 atom stereocenters. The first-order chi connectivity index (χ1) is 9.72. The normalized spacial score (nSPS) is 12.4. The SMILES string of the molecule is CCN(CC)C(CNC(=O)CCCO)c1ccccc1. The molecule has 4 heteroatoms. The lowest BCUT2D eigenvalue weighted by atomic mass is 10.0. The predicted molar refractivity (Wildman–Crippen MR) is 81.4 cm³/mol. The highest BCUT2D eigenvalue weighted by atomic mass is 16.3. The van der Waals surface area contributed by atoms with Gasteiger partial charge in [0.05, 0.1) is 6.04 Å². The van der Waals surface area contributed by atoms with Gasteiger partial charge in [0.15, 0.2) is 0 Å². The highest BCUT2D eigenvalue weighted by Gasteiger charge is 2.18. The van der Waals surface area contributed by atoms with Crippen molar-refractivity contribution in [2.24, 2.45) is 0 Å². The summed E-state index contributed by atoms with van der Waals surface area (Å²) in [5, 5.41) is 11.7. The Labute approximate surface area is 121 Å². The van der Waals surface area contributed by atoms with Crippen LogP contribution in [0.3, 0.4) is 0 Å². The second-order valence-corrected chi connectivity index (χ2v) is 4.78. The van der Waals surface area contributed by atoms with Gasteiger partial charge in [-0.3, -0.25) is 9.69 Å². The highest BCUT2D eigenvalue weighted by Crippen LogP contribution is 2.19. The summed E-state index contributed by atoms with van der Waals surface area (Å²) in [4.78, 5) is 14.0. The van der Waals surface area contributed by atoms with Gasteiger partial charge in [0.2, 0.25) is 5.91 Å². The molecule has 1 rings (SSSR count). The molecule has 0 heterocycles. The summed E-state index contributed by atoms with van der Waals surface area (Å²) in [6, 6.07) is 10.5. The molecule has 0 bridgehead atoms. The van der Waals surface area contributed by atoms with Crippen LogP contribution in [-0.2, 0) is 4.79 Å². The molecule has 0 aliphatic carbocycles. The fourth-order valence-corrected chi connectivity index (χ4v) is 2.34. The van der Waals surface area contributed by atoms with Gasteiger partial charge in [0.1, 0.15) is 0 Å². The second kappa shape index (κ2) is 9.50. The summed E-state index contributed by atoms with van der Waals surface area (Å²) in [7, 11) is 0. The molecule has 2 N–H and O–H groups in total. The van der Waals surface area contributed by atoms with Crippen LogP contribution in [0, 0.1) is 0 Å². The summed E-state index contributed by atoms with van der Waals surface area (Å²) in [6.07, 6.45) is 0.906. The van der Waals surface area contributed by atoms with E-state index in [1.54, 1.807) is 0 Å². The number of hydrogen-bond donors (Lipinski definition) is 2. The van der Waals surface area contributed by atoms with Crippen LogP contribution in [0.2, 0.25) is 0 Å². The first-order valence-corrected chi connectivity index (χ1v) is 7.39. The van der Waals surface area contributed by atoms with Gasteiger partial charge in [-0.1, -0.05) is 44.2 Å². The van der Waals surface area contributed by atoms with Crippen molar-refractivity contribution in [3.63, 3.8) is 0 Å². The smallest absolute Gasteiger partial charge is 0.220 e. The van der Waals surface area contributed by atoms with E-state index in [1.165, 1.54) is 5.56 Å². The Morgan fingerprint density at radius 1 is 1.25 bits per heavy atom. The molecule has 0 fully saturated rings. The zero-order chi connectivity index (χ0) is 14.8. The molecule has 0 spiro atoms. The lowest BCUT2D eigenvalue weighted by Crippen LogP contribution is -2.38. The van der Waals surface area contributed by atoms with Crippen LogP contribution in [0.15, 0.2) is 30.3 Å². The highest BCUT2D eigenvalue weighted by molar-refractivity contribution is 5.75. The van der Waals surface area contributed by atoms with Crippen LogP contribution < -0.4 is 5.32 Å². The van der Waals surface area contributed by atoms with Crippen molar-refractivity contribution < 1.29 is 9.90 Å². The molecule has 0 radical (unpaired) electrons. The molecule has 112 valence electrons. The van der Waals surface area contributed by atoms with Crippen LogP contribution in [-0.4, -0.2) is 42.2 Å². The maximum absolute atomic E-state index is 11.7. The van der Waals surface area contributed by atoms with Crippen molar-refractivity contribution >= 4 is 5.91 Å². The monoisotopic (exact) mass is 278 g/mol. The summed E-state index contributed by atoms with van der Waals surface area (Å²) in [5.74, 6) is 0.00661. The third kappa shape index (κ3) is 5.31. The Bertz CT molecular complexity index is 377. The van der Waals surface area contributed by atoms with Crippen molar-refractivity contribution in [1.82, 2.24) is 10.2 Å². The van der Waals surface area contributed by atoms with Crippen molar-refractivity contribution in [2.75, 3.05) is 26.2 Å². The lowest BCUT2D eigenvalue weighted by Gasteiger charge is -2.30. The van der Waals surface area contributed by atoms with Gasteiger partial charge >= 0.3 is 0 Å². The van der Waals surface area contributed by atoms with E-state index in [1.807, 2.05) is 18.2 Å². The minimum Gasteiger partial charge on any atom is -0.396 e. The lowest BCUT2D eigenvalue weighted by molar-refractivity contribution is -0.121. The minimum absolute atomic E-state index is 0.00661. The van der Waals surface area contributed by atoms with Crippen molar-refractivity contribution in [3.8, 4) is 0 Å². The summed E-state index contributed by atoms with van der Waals surface area (Å²) < 4.78 is 0. The van der Waals surface area contributed by atoms with Gasteiger partial charge in [0, 0.05) is 19.6 Å². The summed E-state index contributed by atoms with van der Waals surface area (Å²) in [6.45, 7) is 6.83. The number of amides is 1. The van der Waals surface area contributed by atoms with E-state index in [0.717, 1.165) is 13.1 Å². The maximum Gasteiger partial charge on any atom is 0.220 e. The largest absolute Gasteiger partial charge is 0.396 e. The Kier molecular flexibility index (Phi) is 7.92. The standard InChI is InChI=1S/C16H26N2O2/c1-3-18(4-2)15(14-9-6-5-7-10-14)13-17-16(20)11-8-12-19/h5-7,9-10,15,19H,3-4,8,11-13H2,1-2H3,(H,17,20). The van der Waals surface area contributed by atoms with E-state index in [2.05, 4.69) is 36.2 Å². The van der Waals surface area contributed by atoms with Gasteiger partial charge in [0.25, 0.3) is 0 Å². The number of hydrogen-bond acceptors (Lipinski definition) is 3. The van der Waals surface area contributed by atoms with Gasteiger partial charge in [-0.05, 0) is 25.1 Å². The molecule has 0 aromatic heterocycles. The molecule has 0 saturated heterocycles. The molecule has 1 amide bonds. The number of nitrogens with zero attached hydrogens (tertiary/aromatic N) is 1. The Morgan fingerprint density at radius 3 is 2.45 bits per heavy atom. The van der Waals surface area contributed by atoms with E-state index in [0.29, 0.717) is 19.4 Å². The van der Waals surface area contributed by atoms with E-state index in [9.17, 15) is 4.79 Å². The molecule has 4 nitrogen and oxygen atoms in total. The Balaban J connectivity index is 2.66. The number of rotatable bonds is 9. The van der Waals surface area contributed by atoms with E-state index in [4.69, 9.17) is 5.11 Å². The van der Waals surface area contributed by atoms with E-state index < -0.39 is 0 Å². The molecule has 0 aliphatic rings. The van der Waals surface area contributed by atoms with Gasteiger partial charge < -0.3 is 10.4 Å². The number of aliphatic hydroxyl groups excluding tert-OH is 1. The van der Waals surface area contributed by atoms with Crippen molar-refractivity contribution in [2.45, 2.75) is 32.7 Å². The molecule has 1 aromatic carbocycles. The number of carbonyl (C=O) groups is 1. The zero-order valence-corrected chi connectivity index (χ0v) is 12.5. The zero-order valence-electron chi connectivity index (χ0n) is 12.5. The maximum atomic E-state index is 11.7. The number of likely N-dealkylation sites (N-methyl/N-ethyl adjacent to an activating group) is 1. The van der Waals surface area contributed by atoms with Gasteiger partial charge in [-0.2, -0.15) is 0 Å².